The molecule has 0 fully saturated rings. The molecule has 0 heterocycles. The maximum atomic E-state index is 11.7. The molecule has 0 aliphatic heterocycles. The summed E-state index contributed by atoms with van der Waals surface area (Å²) in [5, 5.41) is 7.38. The van der Waals surface area contributed by atoms with Gasteiger partial charge < -0.3 is 9.84 Å². The average Bonchev–Trinajstić information content (AvgIpc) is 2.31. The van der Waals surface area contributed by atoms with Crippen LogP contribution >= 0.6 is 11.6 Å². The number of anilines is 1. The molecule has 8 heteroatoms. The Morgan fingerprint density at radius 3 is 2.63 bits per heavy atom. The van der Waals surface area contributed by atoms with Crippen molar-refractivity contribution in [2.75, 3.05) is 11.3 Å². The summed E-state index contributed by atoms with van der Waals surface area (Å²) in [5.74, 6) is -0.997. The van der Waals surface area contributed by atoms with E-state index in [9.17, 15) is 13.2 Å². The van der Waals surface area contributed by atoms with Crippen LogP contribution in [0.2, 0.25) is 5.02 Å². The zero-order chi connectivity index (χ0) is 14.6. The van der Waals surface area contributed by atoms with Gasteiger partial charge in [-0.3, -0.25) is 9.52 Å². The molecular weight excluding hydrogens is 294 g/mol. The maximum Gasteiger partial charge on any atom is 0.323 e. The first kappa shape index (κ1) is 15.6. The predicted molar refractivity (Wildman–Crippen MR) is 72.3 cm³/mol. The summed E-state index contributed by atoms with van der Waals surface area (Å²) in [4.78, 5) is 10.7. The largest absolute Gasteiger partial charge is 0.492 e. The zero-order valence-electron chi connectivity index (χ0n) is 10.4. The maximum absolute atomic E-state index is 11.7. The molecule has 0 aromatic heterocycles. The lowest BCUT2D eigenvalue weighted by Gasteiger charge is -2.12. The molecule has 2 N–H and O–H groups in total. The molecule has 0 saturated heterocycles. The highest BCUT2D eigenvalue weighted by molar-refractivity contribution is 7.94. The van der Waals surface area contributed by atoms with Crippen LogP contribution in [0.3, 0.4) is 0 Å². The fourth-order valence-corrected chi connectivity index (χ4v) is 2.36. The topological polar surface area (TPSA) is 92.7 Å². The van der Waals surface area contributed by atoms with E-state index in [4.69, 9.17) is 21.4 Å². The van der Waals surface area contributed by atoms with Gasteiger partial charge >= 0.3 is 5.97 Å². The summed E-state index contributed by atoms with van der Waals surface area (Å²) in [7, 11) is -4.00. The summed E-state index contributed by atoms with van der Waals surface area (Å²) in [6.45, 7) is 3.31. The molecule has 19 heavy (non-hydrogen) atoms. The second-order valence-electron chi connectivity index (χ2n) is 3.71. The van der Waals surface area contributed by atoms with Gasteiger partial charge in [0.05, 0.1) is 17.3 Å². The Kier molecular flexibility index (Phi) is 5.02. The van der Waals surface area contributed by atoms with Gasteiger partial charge in [0.2, 0.25) is 10.0 Å². The number of benzene rings is 1. The molecule has 0 radical (unpaired) electrons. The van der Waals surface area contributed by atoms with Crippen LogP contribution in [0.4, 0.5) is 5.69 Å². The Balaban J connectivity index is 2.95. The van der Waals surface area contributed by atoms with Crippen molar-refractivity contribution in [3.05, 3.63) is 23.2 Å². The van der Waals surface area contributed by atoms with Crippen molar-refractivity contribution in [3.8, 4) is 5.75 Å². The van der Waals surface area contributed by atoms with E-state index < -0.39 is 21.2 Å². The van der Waals surface area contributed by atoms with Gasteiger partial charge in [-0.25, -0.2) is 8.42 Å². The predicted octanol–water partition coefficient (Wildman–Crippen LogP) is 1.95. The minimum absolute atomic E-state index is 0.182. The second-order valence-corrected chi connectivity index (χ2v) is 6.11. The van der Waals surface area contributed by atoms with Gasteiger partial charge in [0.25, 0.3) is 0 Å². The normalized spacial score (nSPS) is 12.8. The van der Waals surface area contributed by atoms with Gasteiger partial charge in [-0.15, -0.1) is 0 Å². The van der Waals surface area contributed by atoms with E-state index in [0.29, 0.717) is 12.4 Å². The zero-order valence-corrected chi connectivity index (χ0v) is 12.0. The molecule has 0 spiro atoms. The smallest absolute Gasteiger partial charge is 0.323 e. The number of nitrogens with one attached hydrogen (secondary N) is 1. The van der Waals surface area contributed by atoms with Crippen LogP contribution in [0.1, 0.15) is 13.8 Å². The van der Waals surface area contributed by atoms with Crippen LogP contribution in [0, 0.1) is 0 Å². The van der Waals surface area contributed by atoms with Crippen molar-refractivity contribution < 1.29 is 23.1 Å². The number of hydrogen-bond acceptors (Lipinski definition) is 4. The van der Waals surface area contributed by atoms with Crippen molar-refractivity contribution in [2.24, 2.45) is 0 Å². The van der Waals surface area contributed by atoms with Crippen LogP contribution in [0.5, 0.6) is 5.75 Å². The molecule has 1 rings (SSSR count). The lowest BCUT2D eigenvalue weighted by Crippen LogP contribution is -2.32. The molecule has 0 amide bonds. The number of carboxylic acids is 1. The quantitative estimate of drug-likeness (QED) is 0.838. The summed E-state index contributed by atoms with van der Waals surface area (Å²) in [6.07, 6.45) is 0. The molecule has 1 aromatic carbocycles. The molecule has 0 saturated carbocycles. The number of halogens is 1. The molecule has 1 atom stereocenters. The molecule has 6 nitrogen and oxygen atoms in total. The SMILES string of the molecule is CCOc1ccc(NS(=O)(=O)C(C)C(=O)O)cc1Cl. The van der Waals surface area contributed by atoms with Crippen LogP contribution in [-0.2, 0) is 14.8 Å². The van der Waals surface area contributed by atoms with Gasteiger partial charge in [0.1, 0.15) is 5.75 Å². The van der Waals surface area contributed by atoms with E-state index in [2.05, 4.69) is 4.72 Å². The third-order valence-electron chi connectivity index (χ3n) is 2.31. The Bertz CT molecular complexity index is 572. The Morgan fingerprint density at radius 1 is 1.53 bits per heavy atom. The average molecular weight is 308 g/mol. The first-order chi connectivity index (χ1) is 8.77. The minimum atomic E-state index is -4.00. The van der Waals surface area contributed by atoms with Crippen LogP contribution in [-0.4, -0.2) is 31.4 Å². The summed E-state index contributed by atoms with van der Waals surface area (Å²) in [5.41, 5.74) is 0.182. The van der Waals surface area contributed by atoms with Crippen LogP contribution < -0.4 is 9.46 Å². The fraction of sp³-hybridized carbons (Fsp3) is 0.364. The van der Waals surface area contributed by atoms with E-state index in [1.54, 1.807) is 6.92 Å². The van der Waals surface area contributed by atoms with Crippen LogP contribution in [0.15, 0.2) is 18.2 Å². The monoisotopic (exact) mass is 307 g/mol. The van der Waals surface area contributed by atoms with E-state index in [1.165, 1.54) is 18.2 Å². The lowest BCUT2D eigenvalue weighted by atomic mass is 10.3. The molecule has 1 unspecified atom stereocenters. The van der Waals surface area contributed by atoms with Gasteiger partial charge in [0.15, 0.2) is 5.25 Å². The first-order valence-electron chi connectivity index (χ1n) is 5.44. The minimum Gasteiger partial charge on any atom is -0.492 e. The fourth-order valence-electron chi connectivity index (χ4n) is 1.22. The number of carbonyl (C=O) groups is 1. The molecular formula is C11H14ClNO5S. The highest BCUT2D eigenvalue weighted by Gasteiger charge is 2.27. The summed E-state index contributed by atoms with van der Waals surface area (Å²) in [6, 6.07) is 4.32. The third kappa shape index (κ3) is 4.00. The highest BCUT2D eigenvalue weighted by Crippen LogP contribution is 2.28. The number of sulfonamides is 1. The van der Waals surface area contributed by atoms with E-state index in [0.717, 1.165) is 6.92 Å². The summed E-state index contributed by atoms with van der Waals surface area (Å²) < 4.78 is 30.8. The van der Waals surface area contributed by atoms with Gasteiger partial charge in [-0.2, -0.15) is 0 Å². The van der Waals surface area contributed by atoms with Crippen molar-refractivity contribution >= 4 is 33.3 Å². The summed E-state index contributed by atoms with van der Waals surface area (Å²) >= 11 is 5.90. The van der Waals surface area contributed by atoms with Gasteiger partial charge in [-0.1, -0.05) is 11.6 Å². The standard InChI is InChI=1S/C11H14ClNO5S/c1-3-18-10-5-4-8(6-9(10)12)13-19(16,17)7(2)11(14)15/h4-7,13H,3H2,1-2H3,(H,14,15). The van der Waals surface area contributed by atoms with Crippen molar-refractivity contribution in [2.45, 2.75) is 19.1 Å². The van der Waals surface area contributed by atoms with Gasteiger partial charge in [0, 0.05) is 0 Å². The van der Waals surface area contributed by atoms with Crippen molar-refractivity contribution in [1.29, 1.82) is 0 Å². The van der Waals surface area contributed by atoms with Crippen molar-refractivity contribution in [3.63, 3.8) is 0 Å². The molecule has 0 bridgehead atoms. The number of carboxylic acid groups (broad SMARTS) is 1. The molecule has 0 aliphatic rings. The highest BCUT2D eigenvalue weighted by atomic mass is 35.5. The third-order valence-corrected chi connectivity index (χ3v) is 4.25. The Labute approximate surface area is 116 Å². The van der Waals surface area contributed by atoms with Crippen LogP contribution in [0.25, 0.3) is 0 Å². The number of ether oxygens (including phenoxy) is 1. The Hall–Kier alpha value is -1.47. The number of aliphatic carboxylic acids is 1. The number of rotatable bonds is 6. The van der Waals surface area contributed by atoms with Crippen molar-refractivity contribution in [1.82, 2.24) is 0 Å². The molecule has 106 valence electrons. The lowest BCUT2D eigenvalue weighted by molar-refractivity contribution is -0.136. The number of hydrogen-bond donors (Lipinski definition) is 2. The van der Waals surface area contributed by atoms with E-state index in [-0.39, 0.29) is 10.7 Å². The first-order valence-corrected chi connectivity index (χ1v) is 7.37. The molecule has 1 aromatic rings. The van der Waals surface area contributed by atoms with E-state index in [1.807, 2.05) is 0 Å². The second kappa shape index (κ2) is 6.12. The molecule has 0 aliphatic carbocycles. The van der Waals surface area contributed by atoms with Gasteiger partial charge in [-0.05, 0) is 32.0 Å². The Morgan fingerprint density at radius 2 is 2.16 bits per heavy atom. The van der Waals surface area contributed by atoms with E-state index >= 15 is 0 Å².